The molecule has 0 aliphatic rings. The van der Waals surface area contributed by atoms with Crippen molar-refractivity contribution in [2.24, 2.45) is 0 Å². The van der Waals surface area contributed by atoms with E-state index < -0.39 is 53.5 Å². The molecule has 0 spiro atoms. The van der Waals surface area contributed by atoms with Crippen molar-refractivity contribution in [2.75, 3.05) is 0 Å². The minimum absolute atomic E-state index is 0.302. The van der Waals surface area contributed by atoms with E-state index in [1.165, 1.54) is 18.2 Å². The van der Waals surface area contributed by atoms with Gasteiger partial charge in [-0.25, -0.2) is 0 Å². The Bertz CT molecular complexity index is 981. The quantitative estimate of drug-likeness (QED) is 0.393. The van der Waals surface area contributed by atoms with Crippen LogP contribution in [-0.4, -0.2) is 46.0 Å². The molecule has 0 N–H and O–H groups in total. The van der Waals surface area contributed by atoms with Gasteiger partial charge in [0.15, 0.2) is 0 Å². The second kappa shape index (κ2) is 7.41. The molecule has 0 amide bonds. The summed E-state index contributed by atoms with van der Waals surface area (Å²) in [4.78, 5) is 0. The molecule has 2 aromatic rings. The second-order valence-corrected chi connectivity index (χ2v) is 6.22. The molecule has 0 aliphatic heterocycles. The largest absolute Gasteiger partial charge is 0.460 e. The van der Waals surface area contributed by atoms with Crippen molar-refractivity contribution in [3.8, 4) is 11.5 Å². The molecule has 0 radical (unpaired) electrons. The summed E-state index contributed by atoms with van der Waals surface area (Å²) < 4.78 is 202. The smallest absolute Gasteiger partial charge is 0.415 e. The predicted molar refractivity (Wildman–Crippen MR) is 74.4 cm³/mol. The predicted octanol–water partition coefficient (Wildman–Crippen LogP) is 6.57. The van der Waals surface area contributed by atoms with Gasteiger partial charge in [-0.2, -0.15) is 65.9 Å². The van der Waals surface area contributed by atoms with Crippen LogP contribution in [0.1, 0.15) is 5.89 Å². The van der Waals surface area contributed by atoms with Crippen molar-refractivity contribution in [1.29, 1.82) is 0 Å². The van der Waals surface area contributed by atoms with Gasteiger partial charge in [-0.15, -0.1) is 10.2 Å². The van der Waals surface area contributed by atoms with Gasteiger partial charge < -0.3 is 4.42 Å². The first kappa shape index (κ1) is 26.6. The van der Waals surface area contributed by atoms with Gasteiger partial charge in [0.2, 0.25) is 5.89 Å². The van der Waals surface area contributed by atoms with E-state index >= 15 is 0 Å². The molecule has 186 valence electrons. The Balaban J connectivity index is 2.57. The average Bonchev–Trinajstić information content (AvgIpc) is 3.18. The van der Waals surface area contributed by atoms with Crippen LogP contribution < -0.4 is 0 Å². The Hall–Kier alpha value is -2.69. The third-order valence-electron chi connectivity index (χ3n) is 4.04. The van der Waals surface area contributed by atoms with Crippen molar-refractivity contribution in [1.82, 2.24) is 10.2 Å². The highest BCUT2D eigenvalue weighted by Gasteiger charge is 2.94. The molecule has 33 heavy (non-hydrogen) atoms. The van der Waals surface area contributed by atoms with E-state index in [2.05, 4.69) is 14.6 Å². The molecule has 0 saturated heterocycles. The molecule has 0 fully saturated rings. The van der Waals surface area contributed by atoms with Gasteiger partial charge >= 0.3 is 41.7 Å². The first-order chi connectivity index (χ1) is 14.6. The molecule has 0 aliphatic carbocycles. The Morgan fingerprint density at radius 2 is 0.939 bits per heavy atom. The zero-order valence-electron chi connectivity index (χ0n) is 14.9. The molecule has 0 atom stereocenters. The summed E-state index contributed by atoms with van der Waals surface area (Å²) in [5, 5.41) is 4.99. The van der Waals surface area contributed by atoms with Crippen LogP contribution in [0.25, 0.3) is 11.5 Å². The summed E-state index contributed by atoms with van der Waals surface area (Å²) in [5.74, 6) is -51.4. The van der Waals surface area contributed by atoms with Crippen LogP contribution in [-0.2, 0) is 5.92 Å². The molecule has 1 aromatic heterocycles. The summed E-state index contributed by atoms with van der Waals surface area (Å²) in [5.41, 5.74) is -0.302. The molecule has 0 bridgehead atoms. The van der Waals surface area contributed by atoms with E-state index in [1.807, 2.05) is 0 Å². The molecule has 3 nitrogen and oxygen atoms in total. The van der Waals surface area contributed by atoms with Crippen LogP contribution >= 0.6 is 0 Å². The monoisotopic (exact) mass is 514 g/mol. The highest BCUT2D eigenvalue weighted by atomic mass is 19.4. The first-order valence-corrected chi connectivity index (χ1v) is 7.80. The molecule has 1 aromatic carbocycles. The second-order valence-electron chi connectivity index (χ2n) is 6.22. The number of hydrogen-bond acceptors (Lipinski definition) is 3. The number of rotatable bonds is 7. The zero-order valence-corrected chi connectivity index (χ0v) is 14.9. The normalized spacial score (nSPS) is 15.1. The van der Waals surface area contributed by atoms with E-state index in [4.69, 9.17) is 0 Å². The van der Waals surface area contributed by atoms with Crippen molar-refractivity contribution < 1.29 is 70.3 Å². The molecule has 0 unspecified atom stereocenters. The minimum Gasteiger partial charge on any atom is -0.415 e. The third-order valence-corrected chi connectivity index (χ3v) is 4.04. The topological polar surface area (TPSA) is 38.9 Å². The van der Waals surface area contributed by atoms with Crippen LogP contribution in [0.15, 0.2) is 34.7 Å². The maximum absolute atomic E-state index is 14.0. The summed E-state index contributed by atoms with van der Waals surface area (Å²) in [6.07, 6.45) is -7.66. The van der Waals surface area contributed by atoms with Gasteiger partial charge in [0.1, 0.15) is 0 Å². The molecule has 0 saturated carbocycles. The highest BCUT2D eigenvalue weighted by Crippen LogP contribution is 2.63. The summed E-state index contributed by atoms with van der Waals surface area (Å²) in [7, 11) is 0. The molecule has 18 heteroatoms. The van der Waals surface area contributed by atoms with Crippen molar-refractivity contribution >= 4 is 0 Å². The summed E-state index contributed by atoms with van der Waals surface area (Å²) in [6, 6.07) is 5.78. The van der Waals surface area contributed by atoms with Gasteiger partial charge in [-0.1, -0.05) is 18.2 Å². The van der Waals surface area contributed by atoms with E-state index in [-0.39, 0.29) is 5.56 Å². The Labute approximate surface area is 171 Å². The number of nitrogens with zero attached hydrogens (tertiary/aromatic N) is 2. The van der Waals surface area contributed by atoms with Gasteiger partial charge in [0, 0.05) is 5.56 Å². The zero-order chi connectivity index (χ0) is 25.9. The summed E-state index contributed by atoms with van der Waals surface area (Å²) >= 11 is 0. The van der Waals surface area contributed by atoms with E-state index in [9.17, 15) is 65.9 Å². The highest BCUT2D eigenvalue weighted by molar-refractivity contribution is 5.51. The fourth-order valence-corrected chi connectivity index (χ4v) is 2.15. The molecule has 1 heterocycles. The van der Waals surface area contributed by atoms with Crippen LogP contribution in [0.4, 0.5) is 65.9 Å². The summed E-state index contributed by atoms with van der Waals surface area (Å²) in [6.45, 7) is 0. The SMILES string of the molecule is FC(F)(F)C(F)(F)C(F)(F)C(F)(F)C(F)(F)C(F)(F)C(F)(F)c1nnc(-c2ccccc2)o1. The average molecular weight is 514 g/mol. The molecular weight excluding hydrogens is 509 g/mol. The lowest BCUT2D eigenvalue weighted by Crippen LogP contribution is -2.72. The van der Waals surface area contributed by atoms with Crippen molar-refractivity contribution in [3.63, 3.8) is 0 Å². The lowest BCUT2D eigenvalue weighted by molar-refractivity contribution is -0.454. The Morgan fingerprint density at radius 3 is 1.39 bits per heavy atom. The standard InChI is InChI=1S/C15H5F15N2O/c16-9(17,8-32-31-7(33-8)6-4-2-1-3-5-6)10(18,19)11(20,21)12(22,23)13(24,25)14(26,27)15(28,29)30/h1-5H. The fourth-order valence-electron chi connectivity index (χ4n) is 2.15. The maximum atomic E-state index is 14.0. The van der Waals surface area contributed by atoms with E-state index in [0.717, 1.165) is 12.1 Å². The lowest BCUT2D eigenvalue weighted by Gasteiger charge is -2.40. The Morgan fingerprint density at radius 1 is 0.515 bits per heavy atom. The van der Waals surface area contributed by atoms with Crippen LogP contribution in [0.3, 0.4) is 0 Å². The number of alkyl halides is 15. The van der Waals surface area contributed by atoms with Gasteiger partial charge in [-0.05, 0) is 12.1 Å². The van der Waals surface area contributed by atoms with Crippen LogP contribution in [0.2, 0.25) is 0 Å². The lowest BCUT2D eigenvalue weighted by atomic mass is 9.91. The number of halogens is 15. The van der Waals surface area contributed by atoms with Gasteiger partial charge in [0.25, 0.3) is 5.89 Å². The molecular formula is C15H5F15N2O. The van der Waals surface area contributed by atoms with E-state index in [1.54, 1.807) is 0 Å². The van der Waals surface area contributed by atoms with Crippen LogP contribution in [0.5, 0.6) is 0 Å². The minimum atomic E-state index is -8.38. The first-order valence-electron chi connectivity index (χ1n) is 7.80. The Kier molecular flexibility index (Phi) is 5.96. The number of aromatic nitrogens is 2. The van der Waals surface area contributed by atoms with Crippen molar-refractivity contribution in [2.45, 2.75) is 41.7 Å². The van der Waals surface area contributed by atoms with E-state index in [0.29, 0.717) is 0 Å². The maximum Gasteiger partial charge on any atom is 0.460 e. The number of benzene rings is 1. The van der Waals surface area contributed by atoms with Crippen LogP contribution in [0, 0.1) is 0 Å². The van der Waals surface area contributed by atoms with Gasteiger partial charge in [0.05, 0.1) is 0 Å². The number of hydrogen-bond donors (Lipinski definition) is 0. The molecule has 2 rings (SSSR count). The van der Waals surface area contributed by atoms with Gasteiger partial charge in [-0.3, -0.25) is 0 Å². The third kappa shape index (κ3) is 3.56. The fraction of sp³-hybridized carbons (Fsp3) is 0.467. The van der Waals surface area contributed by atoms with Crippen molar-refractivity contribution in [3.05, 3.63) is 36.2 Å².